The van der Waals surface area contributed by atoms with Crippen molar-refractivity contribution in [3.63, 3.8) is 0 Å². The van der Waals surface area contributed by atoms with E-state index < -0.39 is 0 Å². The third kappa shape index (κ3) is 2.30. The van der Waals surface area contributed by atoms with Crippen molar-refractivity contribution in [2.75, 3.05) is 0 Å². The predicted molar refractivity (Wildman–Crippen MR) is 73.9 cm³/mol. The van der Waals surface area contributed by atoms with Crippen LogP contribution in [0.5, 0.6) is 0 Å². The lowest BCUT2D eigenvalue weighted by molar-refractivity contribution is 0.644. The molecule has 0 fully saturated rings. The maximum atomic E-state index is 4.19. The van der Waals surface area contributed by atoms with Crippen molar-refractivity contribution in [2.45, 2.75) is 47.6 Å². The molecule has 1 aromatic carbocycles. The van der Waals surface area contributed by atoms with Gasteiger partial charge in [-0.25, -0.2) is 4.68 Å². The van der Waals surface area contributed by atoms with Crippen molar-refractivity contribution in [2.24, 2.45) is 0 Å². The van der Waals surface area contributed by atoms with Crippen LogP contribution < -0.4 is 0 Å². The number of hydrogen-bond donors (Lipinski definition) is 0. The molecule has 1 aromatic heterocycles. The van der Waals surface area contributed by atoms with Crippen LogP contribution in [0.2, 0.25) is 0 Å². The highest BCUT2D eigenvalue weighted by Gasteiger charge is 2.09. The summed E-state index contributed by atoms with van der Waals surface area (Å²) in [5.74, 6) is 0. The molecule has 0 aliphatic rings. The Morgan fingerprint density at radius 2 is 1.67 bits per heavy atom. The summed E-state index contributed by atoms with van der Waals surface area (Å²) >= 11 is 0. The van der Waals surface area contributed by atoms with Crippen LogP contribution in [-0.4, -0.2) is 15.0 Å². The number of aromatic nitrogens is 3. The number of rotatable bonds is 3. The molecular formula is C15H21N3. The van der Waals surface area contributed by atoms with Gasteiger partial charge in [0.25, 0.3) is 0 Å². The highest BCUT2D eigenvalue weighted by molar-refractivity contribution is 5.44. The van der Waals surface area contributed by atoms with Gasteiger partial charge in [0.1, 0.15) is 0 Å². The van der Waals surface area contributed by atoms with E-state index in [0.29, 0.717) is 0 Å². The largest absolute Gasteiger partial charge is 0.248 e. The Morgan fingerprint density at radius 1 is 1.06 bits per heavy atom. The molecule has 0 bridgehead atoms. The van der Waals surface area contributed by atoms with Crippen LogP contribution in [0.3, 0.4) is 0 Å². The van der Waals surface area contributed by atoms with Crippen LogP contribution >= 0.6 is 0 Å². The Balaban J connectivity index is 2.39. The molecule has 96 valence electrons. The first kappa shape index (κ1) is 12.8. The maximum absolute atomic E-state index is 4.19. The topological polar surface area (TPSA) is 30.7 Å². The van der Waals surface area contributed by atoms with Crippen LogP contribution in [0.1, 0.15) is 40.4 Å². The van der Waals surface area contributed by atoms with Crippen LogP contribution in [0.25, 0.3) is 0 Å². The first-order valence-electron chi connectivity index (χ1n) is 6.48. The molecular weight excluding hydrogens is 222 g/mol. The van der Waals surface area contributed by atoms with Gasteiger partial charge in [-0.1, -0.05) is 18.2 Å². The van der Waals surface area contributed by atoms with E-state index in [9.17, 15) is 0 Å². The van der Waals surface area contributed by atoms with E-state index in [0.717, 1.165) is 18.7 Å². The van der Waals surface area contributed by atoms with Gasteiger partial charge in [-0.3, -0.25) is 0 Å². The standard InChI is InChI=1S/C15H21N3/c1-6-14-8-18(17-16-14)9-15-12(4)10(2)7-11(3)13(15)5/h7-8H,6,9H2,1-5H3. The Bertz CT molecular complexity index is 541. The zero-order valence-electron chi connectivity index (χ0n) is 11.9. The van der Waals surface area contributed by atoms with Gasteiger partial charge in [0, 0.05) is 6.20 Å². The van der Waals surface area contributed by atoms with E-state index >= 15 is 0 Å². The van der Waals surface area contributed by atoms with E-state index in [1.165, 1.54) is 27.8 Å². The van der Waals surface area contributed by atoms with Gasteiger partial charge in [0.05, 0.1) is 12.2 Å². The monoisotopic (exact) mass is 243 g/mol. The molecule has 2 aromatic rings. The van der Waals surface area contributed by atoms with Crippen LogP contribution in [0.15, 0.2) is 12.3 Å². The fourth-order valence-electron chi connectivity index (χ4n) is 2.28. The average molecular weight is 243 g/mol. The number of aryl methyl sites for hydroxylation is 3. The summed E-state index contributed by atoms with van der Waals surface area (Å²) in [5.41, 5.74) is 7.86. The van der Waals surface area contributed by atoms with Crippen molar-refractivity contribution in [3.8, 4) is 0 Å². The molecule has 1 heterocycles. The molecule has 0 N–H and O–H groups in total. The van der Waals surface area contributed by atoms with E-state index in [1.54, 1.807) is 0 Å². The second-order valence-corrected chi connectivity index (χ2v) is 5.00. The molecule has 18 heavy (non-hydrogen) atoms. The minimum atomic E-state index is 0.813. The number of benzene rings is 1. The second kappa shape index (κ2) is 4.92. The van der Waals surface area contributed by atoms with Crippen LogP contribution in [0, 0.1) is 27.7 Å². The Hall–Kier alpha value is -1.64. The first-order valence-corrected chi connectivity index (χ1v) is 6.48. The molecule has 0 aliphatic heterocycles. The van der Waals surface area contributed by atoms with Crippen LogP contribution in [0.4, 0.5) is 0 Å². The third-order valence-electron chi connectivity index (χ3n) is 3.79. The van der Waals surface area contributed by atoms with Crippen molar-refractivity contribution < 1.29 is 0 Å². The number of nitrogens with zero attached hydrogens (tertiary/aromatic N) is 3. The summed E-state index contributed by atoms with van der Waals surface area (Å²) in [6, 6.07) is 2.26. The second-order valence-electron chi connectivity index (χ2n) is 5.00. The van der Waals surface area contributed by atoms with E-state index in [4.69, 9.17) is 0 Å². The minimum Gasteiger partial charge on any atom is -0.248 e. The lowest BCUT2D eigenvalue weighted by Gasteiger charge is -2.15. The minimum absolute atomic E-state index is 0.813. The Labute approximate surface area is 109 Å². The zero-order chi connectivity index (χ0) is 13.3. The summed E-state index contributed by atoms with van der Waals surface area (Å²) < 4.78 is 1.94. The van der Waals surface area contributed by atoms with Gasteiger partial charge in [-0.15, -0.1) is 5.10 Å². The molecule has 0 aliphatic carbocycles. The van der Waals surface area contributed by atoms with Gasteiger partial charge in [0.2, 0.25) is 0 Å². The Kier molecular flexibility index (Phi) is 3.50. The lowest BCUT2D eigenvalue weighted by atomic mass is 9.94. The summed E-state index contributed by atoms with van der Waals surface area (Å²) in [7, 11) is 0. The van der Waals surface area contributed by atoms with Gasteiger partial charge in [-0.05, 0) is 61.9 Å². The maximum Gasteiger partial charge on any atom is 0.0824 e. The van der Waals surface area contributed by atoms with Gasteiger partial charge in [-0.2, -0.15) is 0 Å². The zero-order valence-corrected chi connectivity index (χ0v) is 11.9. The molecule has 3 nitrogen and oxygen atoms in total. The average Bonchev–Trinajstić information content (AvgIpc) is 2.80. The predicted octanol–water partition coefficient (Wildman–Crippen LogP) is 3.12. The summed E-state index contributed by atoms with van der Waals surface area (Å²) in [5, 5.41) is 8.34. The van der Waals surface area contributed by atoms with E-state index in [-0.39, 0.29) is 0 Å². The van der Waals surface area contributed by atoms with Gasteiger partial charge < -0.3 is 0 Å². The fraction of sp³-hybridized carbons (Fsp3) is 0.467. The van der Waals surface area contributed by atoms with Crippen molar-refractivity contribution in [3.05, 3.63) is 45.8 Å². The summed E-state index contributed by atoms with van der Waals surface area (Å²) in [6.07, 6.45) is 2.97. The smallest absolute Gasteiger partial charge is 0.0824 e. The van der Waals surface area contributed by atoms with Crippen LogP contribution in [-0.2, 0) is 13.0 Å². The third-order valence-corrected chi connectivity index (χ3v) is 3.79. The van der Waals surface area contributed by atoms with Crippen molar-refractivity contribution in [1.82, 2.24) is 15.0 Å². The van der Waals surface area contributed by atoms with Crippen molar-refractivity contribution >= 4 is 0 Å². The fourth-order valence-corrected chi connectivity index (χ4v) is 2.28. The normalized spacial score (nSPS) is 10.9. The van der Waals surface area contributed by atoms with Gasteiger partial charge in [0.15, 0.2) is 0 Å². The number of hydrogen-bond acceptors (Lipinski definition) is 2. The molecule has 0 radical (unpaired) electrons. The molecule has 0 saturated carbocycles. The van der Waals surface area contributed by atoms with Crippen molar-refractivity contribution in [1.29, 1.82) is 0 Å². The molecule has 0 saturated heterocycles. The summed E-state index contributed by atoms with van der Waals surface area (Å²) in [4.78, 5) is 0. The lowest BCUT2D eigenvalue weighted by Crippen LogP contribution is -2.06. The van der Waals surface area contributed by atoms with Gasteiger partial charge >= 0.3 is 0 Å². The van der Waals surface area contributed by atoms with E-state index in [1.807, 2.05) is 10.9 Å². The molecule has 3 heteroatoms. The quantitative estimate of drug-likeness (QED) is 0.829. The first-order chi connectivity index (χ1) is 8.52. The molecule has 0 unspecified atom stereocenters. The highest BCUT2D eigenvalue weighted by atomic mass is 15.4. The Morgan fingerprint density at radius 3 is 2.17 bits per heavy atom. The highest BCUT2D eigenvalue weighted by Crippen LogP contribution is 2.22. The molecule has 0 spiro atoms. The summed E-state index contributed by atoms with van der Waals surface area (Å²) in [6.45, 7) is 11.6. The SMILES string of the molecule is CCc1cn(Cc2c(C)c(C)cc(C)c2C)nn1. The molecule has 0 amide bonds. The van der Waals surface area contributed by atoms with E-state index in [2.05, 4.69) is 51.0 Å². The molecule has 0 atom stereocenters. The molecule has 2 rings (SSSR count).